The van der Waals surface area contributed by atoms with Gasteiger partial charge in [-0.25, -0.2) is 4.79 Å². The van der Waals surface area contributed by atoms with Crippen molar-refractivity contribution in [2.75, 3.05) is 11.9 Å². The van der Waals surface area contributed by atoms with Gasteiger partial charge < -0.3 is 15.2 Å². The van der Waals surface area contributed by atoms with Gasteiger partial charge in [0.25, 0.3) is 11.1 Å². The molecule has 0 atom stereocenters. The molecule has 188 valence electrons. The first-order chi connectivity index (χ1) is 17.7. The van der Waals surface area contributed by atoms with Crippen molar-refractivity contribution in [3.8, 4) is 5.75 Å². The van der Waals surface area contributed by atoms with E-state index in [9.17, 15) is 19.2 Å². The lowest BCUT2D eigenvalue weighted by atomic mass is 10.1. The number of benzene rings is 3. The minimum Gasteiger partial charge on any atom is -0.488 e. The summed E-state index contributed by atoms with van der Waals surface area (Å²) < 4.78 is 6.62. The molecule has 1 aliphatic heterocycles. The predicted octanol–water partition coefficient (Wildman–Crippen LogP) is 5.90. The molecular weight excluding hydrogens is 631 g/mol. The topological polar surface area (TPSA) is 113 Å². The van der Waals surface area contributed by atoms with Crippen molar-refractivity contribution in [3.63, 3.8) is 0 Å². The van der Waals surface area contributed by atoms with Crippen molar-refractivity contribution < 1.29 is 29.0 Å². The molecule has 8 nitrogen and oxygen atoms in total. The molecule has 1 heterocycles. The number of carboxylic acids is 1. The van der Waals surface area contributed by atoms with Gasteiger partial charge in [0.2, 0.25) is 5.91 Å². The Morgan fingerprint density at radius 1 is 1.08 bits per heavy atom. The number of amides is 3. The van der Waals surface area contributed by atoms with Crippen LogP contribution in [0.2, 0.25) is 5.02 Å². The fraction of sp³-hybridized carbons (Fsp3) is 0.0769. The number of aromatic carboxylic acids is 1. The van der Waals surface area contributed by atoms with Crippen LogP contribution in [0.25, 0.3) is 6.08 Å². The third-order valence-corrected chi connectivity index (χ3v) is 7.25. The Balaban J connectivity index is 1.39. The summed E-state index contributed by atoms with van der Waals surface area (Å²) >= 11 is 8.91. The van der Waals surface area contributed by atoms with Gasteiger partial charge >= 0.3 is 5.97 Å². The number of nitrogens with one attached hydrogen (secondary N) is 1. The summed E-state index contributed by atoms with van der Waals surface area (Å²) in [7, 11) is 0. The summed E-state index contributed by atoms with van der Waals surface area (Å²) in [5, 5.41) is 11.4. The summed E-state index contributed by atoms with van der Waals surface area (Å²) in [5.74, 6) is -1.46. The number of imide groups is 1. The van der Waals surface area contributed by atoms with E-state index in [4.69, 9.17) is 21.4 Å². The molecule has 37 heavy (non-hydrogen) atoms. The van der Waals surface area contributed by atoms with Crippen LogP contribution in [0, 0.1) is 3.57 Å². The Morgan fingerprint density at radius 2 is 1.81 bits per heavy atom. The number of hydrogen-bond donors (Lipinski definition) is 2. The van der Waals surface area contributed by atoms with E-state index >= 15 is 0 Å². The van der Waals surface area contributed by atoms with E-state index in [0.717, 1.165) is 25.8 Å². The number of carbonyl (C=O) groups is 4. The Hall–Kier alpha value is -3.35. The molecule has 1 saturated heterocycles. The van der Waals surface area contributed by atoms with Crippen LogP contribution in [0.3, 0.4) is 0 Å². The summed E-state index contributed by atoms with van der Waals surface area (Å²) in [6.45, 7) is -0.171. The molecule has 0 aromatic heterocycles. The largest absolute Gasteiger partial charge is 0.488 e. The average molecular weight is 649 g/mol. The maximum absolute atomic E-state index is 12.8. The maximum Gasteiger partial charge on any atom is 0.335 e. The predicted molar refractivity (Wildman–Crippen MR) is 150 cm³/mol. The van der Waals surface area contributed by atoms with Crippen LogP contribution in [0.1, 0.15) is 21.5 Å². The Labute approximate surface area is 234 Å². The standard InChI is InChI=1S/C26H18ClIN2O6S/c27-18-3-1-2-4-20(18)29-23(31)13-30-24(32)22(37-26(30)35)12-16-7-10-21(19(28)11-16)36-14-15-5-8-17(9-6-15)25(33)34/h1-12H,13-14H2,(H,29,31)(H,33,34)/b22-12+. The number of thioether (sulfide) groups is 1. The monoisotopic (exact) mass is 648 g/mol. The lowest BCUT2D eigenvalue weighted by Crippen LogP contribution is -2.36. The molecule has 4 rings (SSSR count). The lowest BCUT2D eigenvalue weighted by Gasteiger charge is -2.13. The van der Waals surface area contributed by atoms with Gasteiger partial charge in [-0.1, -0.05) is 41.9 Å². The van der Waals surface area contributed by atoms with Gasteiger partial charge in [0.15, 0.2) is 0 Å². The fourth-order valence-electron chi connectivity index (χ4n) is 3.31. The number of anilines is 1. The fourth-order valence-corrected chi connectivity index (χ4v) is 5.03. The van der Waals surface area contributed by atoms with Gasteiger partial charge in [-0.15, -0.1) is 0 Å². The van der Waals surface area contributed by atoms with Crippen LogP contribution in [0.5, 0.6) is 5.75 Å². The number of para-hydroxylation sites is 1. The second kappa shape index (κ2) is 11.8. The molecule has 3 aromatic carbocycles. The first-order valence-electron chi connectivity index (χ1n) is 10.8. The third-order valence-electron chi connectivity index (χ3n) is 5.17. The van der Waals surface area contributed by atoms with Gasteiger partial charge in [0.1, 0.15) is 18.9 Å². The highest BCUT2D eigenvalue weighted by atomic mass is 127. The van der Waals surface area contributed by atoms with Crippen molar-refractivity contribution in [2.24, 2.45) is 0 Å². The normalized spacial score (nSPS) is 14.2. The number of halogens is 2. The maximum atomic E-state index is 12.8. The molecule has 3 amide bonds. The molecule has 2 N–H and O–H groups in total. The third kappa shape index (κ3) is 6.70. The molecule has 0 spiro atoms. The second-order valence-electron chi connectivity index (χ2n) is 7.78. The van der Waals surface area contributed by atoms with Crippen molar-refractivity contribution in [3.05, 3.63) is 96.9 Å². The van der Waals surface area contributed by atoms with Crippen LogP contribution < -0.4 is 10.1 Å². The van der Waals surface area contributed by atoms with E-state index < -0.39 is 29.6 Å². The van der Waals surface area contributed by atoms with Crippen molar-refractivity contribution in [1.29, 1.82) is 0 Å². The van der Waals surface area contributed by atoms with Gasteiger partial charge in [0, 0.05) is 0 Å². The molecular formula is C26H18ClIN2O6S. The molecule has 0 saturated carbocycles. The number of ether oxygens (including phenoxy) is 1. The zero-order valence-electron chi connectivity index (χ0n) is 18.9. The highest BCUT2D eigenvalue weighted by Crippen LogP contribution is 2.33. The Morgan fingerprint density at radius 3 is 2.49 bits per heavy atom. The van der Waals surface area contributed by atoms with E-state index in [1.807, 2.05) is 6.07 Å². The lowest BCUT2D eigenvalue weighted by molar-refractivity contribution is -0.127. The SMILES string of the molecule is O=C(CN1C(=O)S/C(=C/c2ccc(OCc3ccc(C(=O)O)cc3)c(I)c2)C1=O)Nc1ccccc1Cl. The quantitative estimate of drug-likeness (QED) is 0.231. The number of rotatable bonds is 8. The smallest absolute Gasteiger partial charge is 0.335 e. The summed E-state index contributed by atoms with van der Waals surface area (Å²) in [6.07, 6.45) is 1.59. The van der Waals surface area contributed by atoms with Crippen molar-refractivity contribution in [2.45, 2.75) is 6.61 Å². The minimum atomic E-state index is -0.990. The van der Waals surface area contributed by atoms with Crippen LogP contribution in [0.4, 0.5) is 10.5 Å². The van der Waals surface area contributed by atoms with E-state index in [2.05, 4.69) is 27.9 Å². The molecule has 1 fully saturated rings. The van der Waals surface area contributed by atoms with Gasteiger partial charge in [-0.2, -0.15) is 0 Å². The number of carbonyl (C=O) groups excluding carboxylic acids is 3. The zero-order valence-corrected chi connectivity index (χ0v) is 22.7. The molecule has 3 aromatic rings. The summed E-state index contributed by atoms with van der Waals surface area (Å²) in [4.78, 5) is 49.7. The molecule has 1 aliphatic rings. The van der Waals surface area contributed by atoms with Crippen molar-refractivity contribution >= 4 is 80.7 Å². The van der Waals surface area contributed by atoms with Crippen LogP contribution in [-0.4, -0.2) is 39.6 Å². The Bertz CT molecular complexity index is 1430. The van der Waals surface area contributed by atoms with Crippen LogP contribution >= 0.6 is 46.0 Å². The van der Waals surface area contributed by atoms with E-state index in [1.54, 1.807) is 54.6 Å². The van der Waals surface area contributed by atoms with Crippen molar-refractivity contribution in [1.82, 2.24) is 4.90 Å². The minimum absolute atomic E-state index is 0.202. The Kier molecular flexibility index (Phi) is 8.52. The van der Waals surface area contributed by atoms with E-state index in [1.165, 1.54) is 12.1 Å². The van der Waals surface area contributed by atoms with Crippen LogP contribution in [0.15, 0.2) is 71.6 Å². The highest BCUT2D eigenvalue weighted by molar-refractivity contribution is 14.1. The van der Waals surface area contributed by atoms with Crippen LogP contribution in [-0.2, 0) is 16.2 Å². The first-order valence-corrected chi connectivity index (χ1v) is 13.0. The van der Waals surface area contributed by atoms with E-state index in [0.29, 0.717) is 22.0 Å². The first kappa shape index (κ1) is 26.7. The number of nitrogens with zero attached hydrogens (tertiary/aromatic N) is 1. The highest BCUT2D eigenvalue weighted by Gasteiger charge is 2.36. The zero-order chi connectivity index (χ0) is 26.5. The van der Waals surface area contributed by atoms with Gasteiger partial charge in [-0.3, -0.25) is 19.3 Å². The molecule has 0 aliphatic carbocycles. The van der Waals surface area contributed by atoms with Gasteiger partial charge in [0.05, 0.1) is 24.7 Å². The second-order valence-corrected chi connectivity index (χ2v) is 10.3. The summed E-state index contributed by atoms with van der Waals surface area (Å²) in [5.41, 5.74) is 2.10. The molecule has 0 radical (unpaired) electrons. The molecule has 11 heteroatoms. The molecule has 0 bridgehead atoms. The average Bonchev–Trinajstić information content (AvgIpc) is 3.12. The number of carboxylic acid groups (broad SMARTS) is 1. The van der Waals surface area contributed by atoms with Gasteiger partial charge in [-0.05, 0) is 88.0 Å². The number of hydrogen-bond acceptors (Lipinski definition) is 6. The summed E-state index contributed by atoms with van der Waals surface area (Å²) in [6, 6.07) is 18.4. The van der Waals surface area contributed by atoms with E-state index in [-0.39, 0.29) is 17.1 Å². The molecule has 0 unspecified atom stereocenters.